The molecule has 0 aliphatic rings. The molecule has 0 radical (unpaired) electrons. The zero-order valence-corrected chi connectivity index (χ0v) is 19.4. The molecule has 166 valence electrons. The summed E-state index contributed by atoms with van der Waals surface area (Å²) in [5, 5.41) is 4.20. The Morgan fingerprint density at radius 1 is 0.970 bits per heavy atom. The summed E-state index contributed by atoms with van der Waals surface area (Å²) in [4.78, 5) is 30.4. The molecule has 0 atom stereocenters. The number of rotatable bonds is 5. The van der Waals surface area contributed by atoms with E-state index in [-0.39, 0.29) is 22.3 Å². The van der Waals surface area contributed by atoms with Crippen LogP contribution >= 0.6 is 24.0 Å². The first kappa shape index (κ1) is 22.5. The number of anilines is 1. The highest BCUT2D eigenvalue weighted by Gasteiger charge is 2.16. The maximum Gasteiger partial charge on any atom is 0.266 e. The number of carbonyl (C=O) groups is 1. The molecule has 1 amide bonds. The van der Waals surface area contributed by atoms with Crippen LogP contribution < -0.4 is 21.7 Å². The van der Waals surface area contributed by atoms with E-state index in [1.165, 1.54) is 11.8 Å². The van der Waals surface area contributed by atoms with E-state index in [0.29, 0.717) is 16.1 Å². The molecular weight excluding hydrogens is 454 g/mol. The Bertz CT molecular complexity index is 1370. The Balaban J connectivity index is 1.50. The smallest absolute Gasteiger partial charge is 0.266 e. The quantitative estimate of drug-likeness (QED) is 0.175. The number of nitrogens with one attached hydrogen (secondary N) is 3. The number of hydrogen-bond acceptors (Lipinski definition) is 5. The Labute approximate surface area is 200 Å². The molecule has 0 aliphatic carbocycles. The third-order valence-corrected chi connectivity index (χ3v) is 5.92. The average molecular weight is 476 g/mol. The van der Waals surface area contributed by atoms with Gasteiger partial charge in [-0.3, -0.25) is 25.0 Å². The van der Waals surface area contributed by atoms with Crippen LogP contribution in [0.3, 0.4) is 0 Å². The Hall–Kier alpha value is -3.69. The highest BCUT2D eigenvalue weighted by atomic mass is 32.2. The molecule has 0 fully saturated rings. The fraction of sp³-hybridized carbons (Fsp3) is 0.0833. The fourth-order valence-electron chi connectivity index (χ4n) is 3.21. The van der Waals surface area contributed by atoms with Gasteiger partial charge < -0.3 is 5.32 Å². The molecule has 3 N–H and O–H groups in total. The summed E-state index contributed by atoms with van der Waals surface area (Å²) in [6.45, 7) is 1.93. The van der Waals surface area contributed by atoms with E-state index in [2.05, 4.69) is 21.2 Å². The molecule has 3 aromatic carbocycles. The van der Waals surface area contributed by atoms with Crippen LogP contribution in [0, 0.1) is 6.92 Å². The minimum absolute atomic E-state index is 0.0393. The van der Waals surface area contributed by atoms with E-state index in [1.807, 2.05) is 73.7 Å². The Morgan fingerprint density at radius 2 is 1.67 bits per heavy atom. The van der Waals surface area contributed by atoms with Crippen molar-refractivity contribution in [2.45, 2.75) is 12.1 Å². The summed E-state index contributed by atoms with van der Waals surface area (Å²) in [6.07, 6.45) is 0. The first-order chi connectivity index (χ1) is 16.0. The van der Waals surface area contributed by atoms with Gasteiger partial charge in [0.1, 0.15) is 0 Å². The predicted molar refractivity (Wildman–Crippen MR) is 137 cm³/mol. The number of thioether (sulfide) groups is 1. The largest absolute Gasteiger partial charge is 0.331 e. The van der Waals surface area contributed by atoms with Crippen molar-refractivity contribution in [2.24, 2.45) is 0 Å². The van der Waals surface area contributed by atoms with E-state index in [0.717, 1.165) is 16.9 Å². The molecule has 0 saturated carbocycles. The minimum atomic E-state index is -0.309. The first-order valence-corrected chi connectivity index (χ1v) is 11.5. The van der Waals surface area contributed by atoms with Crippen molar-refractivity contribution in [1.82, 2.24) is 20.4 Å². The number of fused-ring (bicyclic) bond motifs is 1. The summed E-state index contributed by atoms with van der Waals surface area (Å²) >= 11 is 6.38. The third-order valence-electron chi connectivity index (χ3n) is 4.78. The molecule has 0 spiro atoms. The van der Waals surface area contributed by atoms with Crippen LogP contribution in [-0.2, 0) is 4.79 Å². The van der Waals surface area contributed by atoms with Gasteiger partial charge in [-0.1, -0.05) is 60.3 Å². The normalized spacial score (nSPS) is 10.6. The number of aryl methyl sites for hydroxylation is 1. The molecule has 0 unspecified atom stereocenters. The lowest BCUT2D eigenvalue weighted by Crippen LogP contribution is -2.44. The maximum absolute atomic E-state index is 13.3. The van der Waals surface area contributed by atoms with Crippen LogP contribution in [-0.4, -0.2) is 26.3 Å². The van der Waals surface area contributed by atoms with Gasteiger partial charge in [-0.2, -0.15) is 0 Å². The van der Waals surface area contributed by atoms with Gasteiger partial charge in [-0.05, 0) is 55.0 Å². The summed E-state index contributed by atoms with van der Waals surface area (Å²) in [7, 11) is 0. The lowest BCUT2D eigenvalue weighted by Gasteiger charge is -2.15. The van der Waals surface area contributed by atoms with Crippen LogP contribution in [0.25, 0.3) is 16.6 Å². The van der Waals surface area contributed by atoms with E-state index in [9.17, 15) is 9.59 Å². The van der Waals surface area contributed by atoms with Crippen LogP contribution in [0.5, 0.6) is 0 Å². The van der Waals surface area contributed by atoms with Gasteiger partial charge in [-0.25, -0.2) is 4.98 Å². The Morgan fingerprint density at radius 3 is 2.45 bits per heavy atom. The highest BCUT2D eigenvalue weighted by molar-refractivity contribution is 7.99. The monoisotopic (exact) mass is 475 g/mol. The molecule has 33 heavy (non-hydrogen) atoms. The van der Waals surface area contributed by atoms with Gasteiger partial charge in [0.15, 0.2) is 10.3 Å². The molecule has 1 heterocycles. The van der Waals surface area contributed by atoms with Crippen molar-refractivity contribution in [3.63, 3.8) is 0 Å². The minimum Gasteiger partial charge on any atom is -0.331 e. The number of amides is 1. The maximum atomic E-state index is 13.3. The molecule has 4 rings (SSSR count). The Kier molecular flexibility index (Phi) is 7.01. The van der Waals surface area contributed by atoms with Crippen LogP contribution in [0.4, 0.5) is 5.69 Å². The number of hydrazine groups is 1. The second kappa shape index (κ2) is 10.3. The second-order valence-electron chi connectivity index (χ2n) is 7.12. The van der Waals surface area contributed by atoms with Crippen LogP contribution in [0.1, 0.15) is 5.56 Å². The number of benzene rings is 3. The van der Waals surface area contributed by atoms with Crippen molar-refractivity contribution >= 4 is 51.6 Å². The van der Waals surface area contributed by atoms with E-state index < -0.39 is 0 Å². The molecule has 4 aromatic rings. The second-order valence-corrected chi connectivity index (χ2v) is 8.47. The summed E-state index contributed by atoms with van der Waals surface area (Å²) in [6, 6.07) is 24.2. The topological polar surface area (TPSA) is 88.1 Å². The van der Waals surface area contributed by atoms with E-state index >= 15 is 0 Å². The lowest BCUT2D eigenvalue weighted by atomic mass is 10.2. The van der Waals surface area contributed by atoms with Crippen LogP contribution in [0.15, 0.2) is 88.8 Å². The van der Waals surface area contributed by atoms with Gasteiger partial charge in [0.05, 0.1) is 22.3 Å². The molecule has 0 bridgehead atoms. The fourth-order valence-corrected chi connectivity index (χ4v) is 4.19. The molecule has 0 aliphatic heterocycles. The molecular formula is C24H21N5O2S2. The van der Waals surface area contributed by atoms with Gasteiger partial charge >= 0.3 is 0 Å². The number of nitrogens with zero attached hydrogens (tertiary/aromatic N) is 2. The summed E-state index contributed by atoms with van der Waals surface area (Å²) in [5.41, 5.74) is 8.13. The van der Waals surface area contributed by atoms with Crippen LogP contribution in [0.2, 0.25) is 0 Å². The SMILES string of the molecule is Cc1ccccc1-n1c(SCC(=O)NNC(=S)Nc2ccccc2)nc2ccccc2c1=O. The number of carbonyl (C=O) groups excluding carboxylic acids is 1. The van der Waals surface area contributed by atoms with Gasteiger partial charge in [0, 0.05) is 5.69 Å². The first-order valence-electron chi connectivity index (χ1n) is 10.1. The summed E-state index contributed by atoms with van der Waals surface area (Å²) < 4.78 is 1.56. The number of aromatic nitrogens is 2. The van der Waals surface area contributed by atoms with Gasteiger partial charge in [0.2, 0.25) is 5.91 Å². The van der Waals surface area contributed by atoms with Crippen molar-refractivity contribution in [3.8, 4) is 5.69 Å². The molecule has 9 heteroatoms. The number of thiocarbonyl (C=S) groups is 1. The highest BCUT2D eigenvalue weighted by Crippen LogP contribution is 2.22. The van der Waals surface area contributed by atoms with Crippen molar-refractivity contribution in [2.75, 3.05) is 11.1 Å². The van der Waals surface area contributed by atoms with Gasteiger partial charge in [-0.15, -0.1) is 0 Å². The standard InChI is InChI=1S/C24H21N5O2S2/c1-16-9-5-8-14-20(16)29-22(31)18-12-6-7-13-19(18)26-24(29)33-15-21(30)27-28-23(32)25-17-10-3-2-4-11-17/h2-14H,15H2,1H3,(H,27,30)(H2,25,28,32). The van der Waals surface area contributed by atoms with E-state index in [4.69, 9.17) is 12.2 Å². The van der Waals surface area contributed by atoms with E-state index in [1.54, 1.807) is 16.7 Å². The number of hydrogen-bond donors (Lipinski definition) is 3. The van der Waals surface area contributed by atoms with Crippen molar-refractivity contribution < 1.29 is 4.79 Å². The van der Waals surface area contributed by atoms with Crippen molar-refractivity contribution in [3.05, 3.63) is 94.8 Å². The lowest BCUT2D eigenvalue weighted by molar-refractivity contribution is -0.119. The molecule has 1 aromatic heterocycles. The van der Waals surface area contributed by atoms with Crippen molar-refractivity contribution in [1.29, 1.82) is 0 Å². The molecule has 0 saturated heterocycles. The average Bonchev–Trinajstić information content (AvgIpc) is 2.83. The third kappa shape index (κ3) is 5.39. The van der Waals surface area contributed by atoms with Gasteiger partial charge in [0.25, 0.3) is 5.56 Å². The summed E-state index contributed by atoms with van der Waals surface area (Å²) in [5.74, 6) is -0.270. The molecule has 7 nitrogen and oxygen atoms in total. The predicted octanol–water partition coefficient (Wildman–Crippen LogP) is 3.80. The number of para-hydroxylation sites is 3. The zero-order chi connectivity index (χ0) is 23.2. The zero-order valence-electron chi connectivity index (χ0n) is 17.7.